The van der Waals surface area contributed by atoms with E-state index in [4.69, 9.17) is 21.4 Å². The lowest BCUT2D eigenvalue weighted by Crippen LogP contribution is -2.20. The van der Waals surface area contributed by atoms with Crippen molar-refractivity contribution in [1.29, 1.82) is 0 Å². The first-order chi connectivity index (χ1) is 10.1. The van der Waals surface area contributed by atoms with Crippen LogP contribution in [0.15, 0.2) is 12.1 Å². The van der Waals surface area contributed by atoms with Gasteiger partial charge in [-0.15, -0.1) is 0 Å². The third-order valence-electron chi connectivity index (χ3n) is 4.36. The minimum Gasteiger partial charge on any atom is -0.493 e. The second-order valence-electron chi connectivity index (χ2n) is 5.97. The smallest absolute Gasteiger partial charge is 0.303 e. The average Bonchev–Trinajstić information content (AvgIpc) is 3.05. The topological polar surface area (TPSA) is 49.8 Å². The van der Waals surface area contributed by atoms with Gasteiger partial charge >= 0.3 is 5.97 Å². The van der Waals surface area contributed by atoms with Gasteiger partial charge in [0.1, 0.15) is 5.75 Å². The first kappa shape index (κ1) is 14.7. The van der Waals surface area contributed by atoms with Crippen molar-refractivity contribution in [2.75, 3.05) is 19.7 Å². The summed E-state index contributed by atoms with van der Waals surface area (Å²) in [7, 11) is 0. The molecule has 1 saturated heterocycles. The lowest BCUT2D eigenvalue weighted by molar-refractivity contribution is -0.137. The number of benzene rings is 1. The zero-order valence-electron chi connectivity index (χ0n) is 12.0. The van der Waals surface area contributed by atoms with Crippen molar-refractivity contribution in [2.24, 2.45) is 5.92 Å². The number of ether oxygens (including phenoxy) is 1. The fourth-order valence-corrected chi connectivity index (χ4v) is 3.59. The zero-order valence-corrected chi connectivity index (χ0v) is 12.7. The monoisotopic (exact) mass is 309 g/mol. The molecule has 0 saturated carbocycles. The normalized spacial score (nSPS) is 21.3. The van der Waals surface area contributed by atoms with Crippen LogP contribution in [-0.2, 0) is 17.8 Å². The fourth-order valence-electron chi connectivity index (χ4n) is 3.32. The molecule has 0 bridgehead atoms. The molecule has 0 amide bonds. The Morgan fingerprint density at radius 2 is 2.33 bits per heavy atom. The van der Waals surface area contributed by atoms with Crippen LogP contribution in [0.2, 0.25) is 5.02 Å². The number of nitrogens with zero attached hydrogens (tertiary/aromatic N) is 1. The van der Waals surface area contributed by atoms with E-state index in [1.807, 2.05) is 12.1 Å². The second-order valence-corrected chi connectivity index (χ2v) is 6.41. The summed E-state index contributed by atoms with van der Waals surface area (Å²) in [4.78, 5) is 13.0. The molecule has 2 aliphatic heterocycles. The summed E-state index contributed by atoms with van der Waals surface area (Å²) >= 11 is 6.19. The van der Waals surface area contributed by atoms with Crippen molar-refractivity contribution in [3.8, 4) is 5.75 Å². The highest BCUT2D eigenvalue weighted by Crippen LogP contribution is 2.34. The maximum absolute atomic E-state index is 10.6. The average molecular weight is 310 g/mol. The second kappa shape index (κ2) is 6.24. The van der Waals surface area contributed by atoms with Gasteiger partial charge in [-0.25, -0.2) is 0 Å². The van der Waals surface area contributed by atoms with Crippen LogP contribution >= 0.6 is 11.6 Å². The van der Waals surface area contributed by atoms with Gasteiger partial charge in [0.2, 0.25) is 0 Å². The van der Waals surface area contributed by atoms with Gasteiger partial charge in [0, 0.05) is 36.5 Å². The van der Waals surface area contributed by atoms with Gasteiger partial charge in [-0.1, -0.05) is 11.6 Å². The van der Waals surface area contributed by atoms with E-state index < -0.39 is 5.97 Å². The molecule has 1 fully saturated rings. The molecule has 0 aliphatic carbocycles. The van der Waals surface area contributed by atoms with Crippen molar-refractivity contribution in [3.05, 3.63) is 28.3 Å². The molecule has 1 aromatic rings. The highest BCUT2D eigenvalue weighted by molar-refractivity contribution is 6.30. The molecule has 1 aromatic carbocycles. The van der Waals surface area contributed by atoms with Crippen molar-refractivity contribution >= 4 is 17.6 Å². The standard InChI is InChI=1S/C16H20ClNO3/c17-14-7-12-4-6-21-16(12)13(8-14)10-18-5-3-11(9-18)1-2-15(19)20/h7-8,11H,1-6,9-10H2,(H,19,20). The summed E-state index contributed by atoms with van der Waals surface area (Å²) in [5.41, 5.74) is 2.37. The van der Waals surface area contributed by atoms with Crippen LogP contribution < -0.4 is 4.74 Å². The Hall–Kier alpha value is -1.26. The van der Waals surface area contributed by atoms with Crippen LogP contribution in [0.25, 0.3) is 0 Å². The zero-order chi connectivity index (χ0) is 14.8. The molecule has 0 aromatic heterocycles. The maximum atomic E-state index is 10.6. The van der Waals surface area contributed by atoms with Crippen molar-refractivity contribution in [3.63, 3.8) is 0 Å². The number of rotatable bonds is 5. The van der Waals surface area contributed by atoms with Crippen molar-refractivity contribution in [2.45, 2.75) is 32.2 Å². The van der Waals surface area contributed by atoms with E-state index >= 15 is 0 Å². The summed E-state index contributed by atoms with van der Waals surface area (Å²) in [6.07, 6.45) is 3.06. The number of carboxylic acid groups (broad SMARTS) is 1. The molecule has 1 atom stereocenters. The van der Waals surface area contributed by atoms with E-state index in [1.54, 1.807) is 0 Å². The minimum absolute atomic E-state index is 0.272. The molecule has 0 spiro atoms. The number of halogens is 1. The summed E-state index contributed by atoms with van der Waals surface area (Å²) in [5, 5.41) is 9.54. The third kappa shape index (κ3) is 3.50. The van der Waals surface area contributed by atoms with Crippen LogP contribution in [-0.4, -0.2) is 35.7 Å². The van der Waals surface area contributed by atoms with E-state index in [0.29, 0.717) is 5.92 Å². The van der Waals surface area contributed by atoms with Crippen LogP contribution in [0.4, 0.5) is 0 Å². The number of hydrogen-bond acceptors (Lipinski definition) is 3. The van der Waals surface area contributed by atoms with Gasteiger partial charge < -0.3 is 9.84 Å². The summed E-state index contributed by atoms with van der Waals surface area (Å²) in [6.45, 7) is 3.57. The highest BCUT2D eigenvalue weighted by Gasteiger charge is 2.25. The number of aliphatic carboxylic acids is 1. The maximum Gasteiger partial charge on any atom is 0.303 e. The molecule has 0 radical (unpaired) electrons. The predicted octanol–water partition coefficient (Wildman–Crippen LogP) is 2.96. The number of carbonyl (C=O) groups is 1. The molecule has 1 unspecified atom stereocenters. The number of likely N-dealkylation sites (tertiary alicyclic amines) is 1. The predicted molar refractivity (Wildman–Crippen MR) is 80.9 cm³/mol. The van der Waals surface area contributed by atoms with Gasteiger partial charge in [-0.3, -0.25) is 9.69 Å². The Morgan fingerprint density at radius 1 is 1.48 bits per heavy atom. The number of fused-ring (bicyclic) bond motifs is 1. The summed E-state index contributed by atoms with van der Waals surface area (Å²) < 4.78 is 5.74. The summed E-state index contributed by atoms with van der Waals surface area (Å²) in [5.74, 6) is 0.803. The SMILES string of the molecule is O=C(O)CCC1CCN(Cc2cc(Cl)cc3c2OCC3)C1. The van der Waals surface area contributed by atoms with Crippen LogP contribution in [0, 0.1) is 5.92 Å². The highest BCUT2D eigenvalue weighted by atomic mass is 35.5. The summed E-state index contributed by atoms with van der Waals surface area (Å²) in [6, 6.07) is 3.99. The van der Waals surface area contributed by atoms with Gasteiger partial charge in [0.25, 0.3) is 0 Å². The molecule has 2 aliphatic rings. The Kier molecular flexibility index (Phi) is 4.36. The molecule has 2 heterocycles. The van der Waals surface area contributed by atoms with E-state index in [-0.39, 0.29) is 6.42 Å². The Morgan fingerprint density at radius 3 is 3.14 bits per heavy atom. The van der Waals surface area contributed by atoms with E-state index in [9.17, 15) is 4.79 Å². The van der Waals surface area contributed by atoms with Gasteiger partial charge in [-0.05, 0) is 43.0 Å². The molecule has 1 N–H and O–H groups in total. The quantitative estimate of drug-likeness (QED) is 0.908. The number of carboxylic acids is 1. The van der Waals surface area contributed by atoms with Crippen molar-refractivity contribution < 1.29 is 14.6 Å². The minimum atomic E-state index is -0.700. The largest absolute Gasteiger partial charge is 0.493 e. The Labute approximate surface area is 129 Å². The molecular formula is C16H20ClNO3. The first-order valence-electron chi connectivity index (χ1n) is 7.50. The Balaban J connectivity index is 1.62. The van der Waals surface area contributed by atoms with E-state index in [0.717, 1.165) is 61.8 Å². The Bertz CT molecular complexity index is 547. The number of hydrogen-bond donors (Lipinski definition) is 1. The molecule has 114 valence electrons. The van der Waals surface area contributed by atoms with E-state index in [1.165, 1.54) is 5.56 Å². The van der Waals surface area contributed by atoms with Crippen LogP contribution in [0.1, 0.15) is 30.4 Å². The third-order valence-corrected chi connectivity index (χ3v) is 4.57. The lowest BCUT2D eigenvalue weighted by Gasteiger charge is -2.18. The van der Waals surface area contributed by atoms with Crippen molar-refractivity contribution in [1.82, 2.24) is 4.90 Å². The van der Waals surface area contributed by atoms with Gasteiger partial charge in [0.15, 0.2) is 0 Å². The van der Waals surface area contributed by atoms with Crippen LogP contribution in [0.3, 0.4) is 0 Å². The molecule has 3 rings (SSSR count). The fraction of sp³-hybridized carbons (Fsp3) is 0.562. The van der Waals surface area contributed by atoms with Crippen LogP contribution in [0.5, 0.6) is 5.75 Å². The molecule has 21 heavy (non-hydrogen) atoms. The first-order valence-corrected chi connectivity index (χ1v) is 7.88. The lowest BCUT2D eigenvalue weighted by atomic mass is 10.0. The molecular weight excluding hydrogens is 290 g/mol. The van der Waals surface area contributed by atoms with E-state index in [2.05, 4.69) is 4.90 Å². The molecule has 4 nitrogen and oxygen atoms in total. The van der Waals surface area contributed by atoms with Gasteiger partial charge in [-0.2, -0.15) is 0 Å². The van der Waals surface area contributed by atoms with Gasteiger partial charge in [0.05, 0.1) is 6.61 Å². The molecule has 5 heteroatoms.